The van der Waals surface area contributed by atoms with Crippen LogP contribution in [0.4, 0.5) is 0 Å². The van der Waals surface area contributed by atoms with Crippen molar-refractivity contribution in [2.45, 2.75) is 41.4 Å². The topological polar surface area (TPSA) is 154 Å². The molecule has 2 aliphatic rings. The minimum Gasteiger partial charge on any atom is -0.436 e. The highest BCUT2D eigenvalue weighted by molar-refractivity contribution is 7.91. The van der Waals surface area contributed by atoms with Crippen LogP contribution in [0.2, 0.25) is 5.02 Å². The highest BCUT2D eigenvalue weighted by atomic mass is 35.5. The Morgan fingerprint density at radius 1 is 1.29 bits per heavy atom. The van der Waals surface area contributed by atoms with Crippen molar-refractivity contribution in [1.29, 1.82) is 5.26 Å². The lowest BCUT2D eigenvalue weighted by Crippen LogP contribution is -2.56. The predicted octanol–water partition coefficient (Wildman–Crippen LogP) is 2.38. The molecule has 202 valence electrons. The SMILES string of the molecule is CS(=O)(=O)C1Cc2nc(C(=O)N3CCN(S(=O)(=O)c4cc5ccc(Cl)cc5s4)CC3CCC#N)oc2CN1. The number of fused-ring (bicyclic) bond motifs is 2. The van der Waals surface area contributed by atoms with E-state index in [0.717, 1.165) is 27.7 Å². The maximum Gasteiger partial charge on any atom is 0.310 e. The largest absolute Gasteiger partial charge is 0.436 e. The van der Waals surface area contributed by atoms with Crippen LogP contribution in [-0.4, -0.2) is 74.2 Å². The smallest absolute Gasteiger partial charge is 0.310 e. The summed E-state index contributed by atoms with van der Waals surface area (Å²) in [7, 11) is -7.21. The summed E-state index contributed by atoms with van der Waals surface area (Å²) in [6.45, 7) is 0.285. The van der Waals surface area contributed by atoms with Gasteiger partial charge in [0.05, 0.1) is 18.3 Å². The lowest BCUT2D eigenvalue weighted by atomic mass is 10.1. The molecule has 1 amide bonds. The van der Waals surface area contributed by atoms with Gasteiger partial charge in [0.25, 0.3) is 15.9 Å². The van der Waals surface area contributed by atoms with E-state index in [1.54, 1.807) is 24.3 Å². The number of amides is 1. The molecule has 2 atom stereocenters. The maximum atomic E-state index is 13.5. The molecular weight excluding hydrogens is 574 g/mol. The molecule has 15 heteroatoms. The number of nitriles is 1. The van der Waals surface area contributed by atoms with Gasteiger partial charge in [-0.05, 0) is 30.0 Å². The summed E-state index contributed by atoms with van der Waals surface area (Å²) < 4.78 is 58.8. The second kappa shape index (κ2) is 10.2. The van der Waals surface area contributed by atoms with Crippen LogP contribution in [0.3, 0.4) is 0 Å². The summed E-state index contributed by atoms with van der Waals surface area (Å²) in [6.07, 6.45) is 1.61. The molecule has 1 aromatic carbocycles. The number of sulfone groups is 1. The monoisotopic (exact) mass is 597 g/mol. The zero-order valence-corrected chi connectivity index (χ0v) is 23.5. The number of thiophene rings is 1. The van der Waals surface area contributed by atoms with Crippen molar-refractivity contribution in [2.24, 2.45) is 0 Å². The Bertz CT molecular complexity index is 1660. The number of nitrogens with one attached hydrogen (secondary N) is 1. The van der Waals surface area contributed by atoms with E-state index in [1.165, 1.54) is 9.21 Å². The summed E-state index contributed by atoms with van der Waals surface area (Å²) in [5.41, 5.74) is 0.405. The minimum absolute atomic E-state index is 0.0168. The molecule has 0 bridgehead atoms. The third kappa shape index (κ3) is 5.18. The molecule has 0 spiro atoms. The number of hydrogen-bond acceptors (Lipinski definition) is 10. The number of hydrogen-bond donors (Lipinski definition) is 1. The van der Waals surface area contributed by atoms with Crippen molar-refractivity contribution in [2.75, 3.05) is 25.9 Å². The minimum atomic E-state index is -3.85. The van der Waals surface area contributed by atoms with Crippen LogP contribution in [-0.2, 0) is 32.8 Å². The number of aromatic nitrogens is 1. The normalized spacial score (nSPS) is 20.8. The number of rotatable bonds is 6. The summed E-state index contributed by atoms with van der Waals surface area (Å²) in [4.78, 5) is 19.2. The number of piperazine rings is 1. The average molecular weight is 598 g/mol. The van der Waals surface area contributed by atoms with E-state index < -0.39 is 37.2 Å². The lowest BCUT2D eigenvalue weighted by Gasteiger charge is -2.39. The summed E-state index contributed by atoms with van der Waals surface area (Å²) in [6, 6.07) is 8.29. The Balaban J connectivity index is 1.37. The Hall–Kier alpha value is -2.54. The van der Waals surface area contributed by atoms with Crippen molar-refractivity contribution in [3.63, 3.8) is 0 Å². The first-order chi connectivity index (χ1) is 18.0. The van der Waals surface area contributed by atoms with Crippen LogP contribution in [0.5, 0.6) is 0 Å². The molecule has 2 aliphatic heterocycles. The van der Waals surface area contributed by atoms with E-state index in [0.29, 0.717) is 16.5 Å². The van der Waals surface area contributed by atoms with Crippen LogP contribution >= 0.6 is 22.9 Å². The molecule has 38 heavy (non-hydrogen) atoms. The highest BCUT2D eigenvalue weighted by Gasteiger charge is 2.39. The van der Waals surface area contributed by atoms with Gasteiger partial charge in [-0.2, -0.15) is 9.57 Å². The first-order valence-electron chi connectivity index (χ1n) is 11.8. The molecule has 5 rings (SSSR count). The number of nitrogens with zero attached hydrogens (tertiary/aromatic N) is 4. The molecular formula is C23H24ClN5O6S3. The lowest BCUT2D eigenvalue weighted by molar-refractivity contribution is 0.0512. The quantitative estimate of drug-likeness (QED) is 0.451. The van der Waals surface area contributed by atoms with E-state index >= 15 is 0 Å². The van der Waals surface area contributed by atoms with Gasteiger partial charge >= 0.3 is 5.91 Å². The van der Waals surface area contributed by atoms with Crippen LogP contribution in [0.25, 0.3) is 10.1 Å². The maximum absolute atomic E-state index is 13.5. The standard InChI is InChI=1S/C23H24ClN5O6S3/c1-37(31,32)20-11-17-18(12-26-20)35-22(27-17)23(30)29-8-7-28(13-16(29)3-2-6-25)38(33,34)21-9-14-4-5-15(24)10-19(14)36-21/h4-5,9-10,16,20,26H,2-3,7-8,11-13H2,1H3. The zero-order valence-electron chi connectivity index (χ0n) is 20.3. The van der Waals surface area contributed by atoms with Crippen LogP contribution in [0.1, 0.15) is 35.0 Å². The first kappa shape index (κ1) is 27.0. The fraction of sp³-hybridized carbons (Fsp3) is 0.435. The molecule has 1 fully saturated rings. The van der Waals surface area contributed by atoms with Crippen molar-refractivity contribution >= 4 is 58.8 Å². The van der Waals surface area contributed by atoms with Gasteiger partial charge < -0.3 is 9.32 Å². The van der Waals surface area contributed by atoms with Gasteiger partial charge in [0.15, 0.2) is 9.84 Å². The zero-order chi connectivity index (χ0) is 27.2. The third-order valence-corrected chi connectivity index (χ3v) is 11.7. The van der Waals surface area contributed by atoms with Crippen LogP contribution in [0, 0.1) is 11.3 Å². The van der Waals surface area contributed by atoms with Gasteiger partial charge in [-0.3, -0.25) is 10.1 Å². The summed E-state index contributed by atoms with van der Waals surface area (Å²) in [5.74, 6) is -0.301. The Morgan fingerprint density at radius 2 is 2.08 bits per heavy atom. The predicted molar refractivity (Wildman–Crippen MR) is 141 cm³/mol. The van der Waals surface area contributed by atoms with Gasteiger partial charge in [0.1, 0.15) is 15.3 Å². The van der Waals surface area contributed by atoms with Crippen molar-refractivity contribution < 1.29 is 26.0 Å². The van der Waals surface area contributed by atoms with Gasteiger partial charge in [-0.1, -0.05) is 17.7 Å². The molecule has 3 aromatic rings. The number of benzene rings is 1. The molecule has 11 nitrogen and oxygen atoms in total. The van der Waals surface area contributed by atoms with E-state index in [-0.39, 0.29) is 55.5 Å². The molecule has 0 saturated carbocycles. The van der Waals surface area contributed by atoms with Crippen LogP contribution in [0.15, 0.2) is 32.9 Å². The Morgan fingerprint density at radius 3 is 2.82 bits per heavy atom. The number of carbonyl (C=O) groups excluding carboxylic acids is 1. The number of halogens is 1. The molecule has 1 N–H and O–H groups in total. The third-order valence-electron chi connectivity index (χ3n) is 6.70. The van der Waals surface area contributed by atoms with Gasteiger partial charge in [0.2, 0.25) is 0 Å². The molecule has 0 aliphatic carbocycles. The second-order valence-electron chi connectivity index (χ2n) is 9.25. The summed E-state index contributed by atoms with van der Waals surface area (Å²) >= 11 is 7.19. The number of carbonyl (C=O) groups is 1. The van der Waals surface area contributed by atoms with Crippen molar-refractivity contribution in [1.82, 2.24) is 19.5 Å². The van der Waals surface area contributed by atoms with Gasteiger partial charge in [-0.25, -0.2) is 21.8 Å². The number of sulfonamides is 1. The van der Waals surface area contributed by atoms with E-state index in [4.69, 9.17) is 21.3 Å². The average Bonchev–Trinajstić information content (AvgIpc) is 3.50. The molecule has 0 radical (unpaired) electrons. The van der Waals surface area contributed by atoms with E-state index in [9.17, 15) is 21.6 Å². The Kier molecular flexibility index (Phi) is 7.27. The van der Waals surface area contributed by atoms with E-state index in [1.807, 2.05) is 0 Å². The fourth-order valence-electron chi connectivity index (χ4n) is 4.68. The molecule has 2 aromatic heterocycles. The highest BCUT2D eigenvalue weighted by Crippen LogP contribution is 2.34. The van der Waals surface area contributed by atoms with Gasteiger partial charge in [-0.15, -0.1) is 11.3 Å². The Labute approximate surface area is 229 Å². The van der Waals surface area contributed by atoms with E-state index in [2.05, 4.69) is 16.4 Å². The van der Waals surface area contributed by atoms with Crippen molar-refractivity contribution in [3.05, 3.63) is 46.6 Å². The fourth-order valence-corrected chi connectivity index (χ4v) is 8.82. The van der Waals surface area contributed by atoms with Crippen molar-refractivity contribution in [3.8, 4) is 6.07 Å². The molecule has 1 saturated heterocycles. The first-order valence-corrected chi connectivity index (χ1v) is 16.3. The van der Waals surface area contributed by atoms with Crippen LogP contribution < -0.4 is 5.32 Å². The molecule has 2 unspecified atom stereocenters. The molecule has 4 heterocycles. The number of oxazole rings is 1. The summed E-state index contributed by atoms with van der Waals surface area (Å²) in [5, 5.41) is 12.5. The van der Waals surface area contributed by atoms with Gasteiger partial charge in [0, 0.05) is 54.5 Å². The second-order valence-corrected chi connectivity index (χ2v) is 15.2.